The molecule has 0 saturated carbocycles. The maximum Gasteiger partial charge on any atom is 0.164 e. The summed E-state index contributed by atoms with van der Waals surface area (Å²) < 4.78 is 1.02. The number of halogens is 1. The zero-order chi connectivity index (χ0) is 13.7. The second-order valence-corrected chi connectivity index (χ2v) is 6.31. The maximum absolute atomic E-state index is 12.1. The van der Waals surface area contributed by atoms with Crippen LogP contribution in [0.5, 0.6) is 0 Å². The highest BCUT2D eigenvalue weighted by Gasteiger charge is 2.18. The van der Waals surface area contributed by atoms with E-state index in [0.717, 1.165) is 29.0 Å². The second-order valence-electron chi connectivity index (χ2n) is 5.40. The first-order chi connectivity index (χ1) is 9.19. The van der Waals surface area contributed by atoms with Crippen molar-refractivity contribution < 1.29 is 4.79 Å². The molecule has 0 amide bonds. The van der Waals surface area contributed by atoms with Gasteiger partial charge in [-0.3, -0.25) is 4.79 Å². The number of likely N-dealkylation sites (tertiary alicyclic amines) is 1. The highest BCUT2D eigenvalue weighted by molar-refractivity contribution is 9.10. The summed E-state index contributed by atoms with van der Waals surface area (Å²) in [4.78, 5) is 14.6. The standard InChI is InChI=1S/C16H22BrNO/c1-2-13-4-3-10-18(12-13)11-9-16(19)14-5-7-15(17)8-6-14/h5-8,13H,2-4,9-12H2,1H3. The number of hydrogen-bond acceptors (Lipinski definition) is 2. The van der Waals surface area contributed by atoms with Crippen molar-refractivity contribution in [2.75, 3.05) is 19.6 Å². The Morgan fingerprint density at radius 1 is 1.37 bits per heavy atom. The zero-order valence-electron chi connectivity index (χ0n) is 11.6. The van der Waals surface area contributed by atoms with Crippen molar-refractivity contribution in [3.05, 3.63) is 34.3 Å². The quantitative estimate of drug-likeness (QED) is 0.759. The molecule has 0 bridgehead atoms. The van der Waals surface area contributed by atoms with Crippen molar-refractivity contribution in [1.29, 1.82) is 0 Å². The molecule has 1 saturated heterocycles. The molecule has 2 rings (SSSR count). The first-order valence-electron chi connectivity index (χ1n) is 7.20. The molecule has 104 valence electrons. The van der Waals surface area contributed by atoms with Gasteiger partial charge < -0.3 is 4.90 Å². The summed E-state index contributed by atoms with van der Waals surface area (Å²) in [5.41, 5.74) is 0.826. The van der Waals surface area contributed by atoms with Crippen LogP contribution >= 0.6 is 15.9 Å². The van der Waals surface area contributed by atoms with Gasteiger partial charge in [-0.15, -0.1) is 0 Å². The third kappa shape index (κ3) is 4.43. The van der Waals surface area contributed by atoms with E-state index in [4.69, 9.17) is 0 Å². The molecule has 1 fully saturated rings. The first kappa shape index (κ1) is 14.7. The number of hydrogen-bond donors (Lipinski definition) is 0. The number of carbonyl (C=O) groups is 1. The van der Waals surface area contributed by atoms with Crippen molar-refractivity contribution in [3.8, 4) is 0 Å². The van der Waals surface area contributed by atoms with Crippen LogP contribution in [0.15, 0.2) is 28.7 Å². The Morgan fingerprint density at radius 3 is 2.79 bits per heavy atom. The van der Waals surface area contributed by atoms with E-state index in [1.54, 1.807) is 0 Å². The Kier molecular flexibility index (Phi) is 5.59. The van der Waals surface area contributed by atoms with Gasteiger partial charge in [-0.05, 0) is 37.4 Å². The van der Waals surface area contributed by atoms with Gasteiger partial charge in [0.15, 0.2) is 5.78 Å². The van der Waals surface area contributed by atoms with Crippen LogP contribution in [0.3, 0.4) is 0 Å². The van der Waals surface area contributed by atoms with Crippen molar-refractivity contribution in [2.24, 2.45) is 5.92 Å². The molecule has 2 nitrogen and oxygen atoms in total. The molecule has 1 heterocycles. The fraction of sp³-hybridized carbons (Fsp3) is 0.562. The summed E-state index contributed by atoms with van der Waals surface area (Å²) in [6, 6.07) is 7.66. The lowest BCUT2D eigenvalue weighted by molar-refractivity contribution is 0.0945. The van der Waals surface area contributed by atoms with Gasteiger partial charge in [-0.25, -0.2) is 0 Å². The van der Waals surface area contributed by atoms with Gasteiger partial charge >= 0.3 is 0 Å². The summed E-state index contributed by atoms with van der Waals surface area (Å²) in [6.07, 6.45) is 4.54. The molecule has 0 aromatic heterocycles. The maximum atomic E-state index is 12.1. The predicted octanol–water partition coefficient (Wildman–Crippen LogP) is 4.14. The molecule has 0 radical (unpaired) electrons. The fourth-order valence-electron chi connectivity index (χ4n) is 2.73. The number of carbonyl (C=O) groups excluding carboxylic acids is 1. The third-order valence-corrected chi connectivity index (χ3v) is 4.53. The van der Waals surface area contributed by atoms with Crippen molar-refractivity contribution in [2.45, 2.75) is 32.6 Å². The van der Waals surface area contributed by atoms with Gasteiger partial charge in [0, 0.05) is 29.5 Å². The van der Waals surface area contributed by atoms with Crippen molar-refractivity contribution in [3.63, 3.8) is 0 Å². The van der Waals surface area contributed by atoms with Crippen LogP contribution < -0.4 is 0 Å². The van der Waals surface area contributed by atoms with Crippen LogP contribution in [0.25, 0.3) is 0 Å². The summed E-state index contributed by atoms with van der Waals surface area (Å²) >= 11 is 3.39. The number of Topliss-reactive ketones (excluding diaryl/α,β-unsaturated/α-hetero) is 1. The Labute approximate surface area is 124 Å². The fourth-order valence-corrected chi connectivity index (χ4v) is 2.99. The summed E-state index contributed by atoms with van der Waals surface area (Å²) in [6.45, 7) is 5.50. The van der Waals surface area contributed by atoms with Gasteiger partial charge in [0.2, 0.25) is 0 Å². The van der Waals surface area contributed by atoms with E-state index in [-0.39, 0.29) is 5.78 Å². The molecule has 1 aromatic carbocycles. The number of ketones is 1. The minimum Gasteiger partial charge on any atom is -0.303 e. The average Bonchev–Trinajstić information content (AvgIpc) is 2.46. The molecular formula is C16H22BrNO. The van der Waals surface area contributed by atoms with Crippen LogP contribution in [0.4, 0.5) is 0 Å². The van der Waals surface area contributed by atoms with Crippen molar-refractivity contribution in [1.82, 2.24) is 4.90 Å². The lowest BCUT2D eigenvalue weighted by Crippen LogP contribution is -2.36. The van der Waals surface area contributed by atoms with Crippen LogP contribution in [-0.2, 0) is 0 Å². The van der Waals surface area contributed by atoms with Gasteiger partial charge in [0.25, 0.3) is 0 Å². The average molecular weight is 324 g/mol. The van der Waals surface area contributed by atoms with E-state index in [9.17, 15) is 4.79 Å². The largest absolute Gasteiger partial charge is 0.303 e. The second kappa shape index (κ2) is 7.20. The van der Waals surface area contributed by atoms with Gasteiger partial charge in [-0.2, -0.15) is 0 Å². The van der Waals surface area contributed by atoms with Gasteiger partial charge in [0.05, 0.1) is 0 Å². The zero-order valence-corrected chi connectivity index (χ0v) is 13.2. The molecule has 19 heavy (non-hydrogen) atoms. The molecule has 1 atom stereocenters. The van der Waals surface area contributed by atoms with Crippen molar-refractivity contribution >= 4 is 21.7 Å². The summed E-state index contributed by atoms with van der Waals surface area (Å²) in [5.74, 6) is 1.09. The summed E-state index contributed by atoms with van der Waals surface area (Å²) in [7, 11) is 0. The Morgan fingerprint density at radius 2 is 2.11 bits per heavy atom. The predicted molar refractivity (Wildman–Crippen MR) is 82.5 cm³/mol. The molecular weight excluding hydrogens is 302 g/mol. The highest BCUT2D eigenvalue weighted by Crippen LogP contribution is 2.19. The number of nitrogens with zero attached hydrogens (tertiary/aromatic N) is 1. The van der Waals surface area contributed by atoms with E-state index in [0.29, 0.717) is 6.42 Å². The van der Waals surface area contributed by atoms with Crippen LogP contribution in [-0.4, -0.2) is 30.3 Å². The number of piperidine rings is 1. The van der Waals surface area contributed by atoms with Gasteiger partial charge in [0.1, 0.15) is 0 Å². The number of benzene rings is 1. The Bertz CT molecular complexity index is 415. The SMILES string of the molecule is CCC1CCCN(CCC(=O)c2ccc(Br)cc2)C1. The van der Waals surface area contributed by atoms with Gasteiger partial charge in [-0.1, -0.05) is 41.4 Å². The Balaban J connectivity index is 1.81. The molecule has 3 heteroatoms. The summed E-state index contributed by atoms with van der Waals surface area (Å²) in [5, 5.41) is 0. The normalized spacial score (nSPS) is 20.4. The van der Waals surface area contributed by atoms with E-state index < -0.39 is 0 Å². The lowest BCUT2D eigenvalue weighted by atomic mass is 9.95. The van der Waals surface area contributed by atoms with E-state index in [1.165, 1.54) is 25.8 Å². The molecule has 0 spiro atoms. The highest BCUT2D eigenvalue weighted by atomic mass is 79.9. The molecule has 1 aliphatic rings. The molecule has 0 aliphatic carbocycles. The van der Waals surface area contributed by atoms with Crippen LogP contribution in [0.1, 0.15) is 43.0 Å². The topological polar surface area (TPSA) is 20.3 Å². The monoisotopic (exact) mass is 323 g/mol. The van der Waals surface area contributed by atoms with Crippen LogP contribution in [0.2, 0.25) is 0 Å². The Hall–Kier alpha value is -0.670. The van der Waals surface area contributed by atoms with E-state index in [1.807, 2.05) is 24.3 Å². The van der Waals surface area contributed by atoms with Crippen LogP contribution in [0, 0.1) is 5.92 Å². The lowest BCUT2D eigenvalue weighted by Gasteiger charge is -2.32. The minimum atomic E-state index is 0.256. The molecule has 1 unspecified atom stereocenters. The number of rotatable bonds is 5. The molecule has 1 aliphatic heterocycles. The molecule has 1 aromatic rings. The van der Waals surface area contributed by atoms with E-state index >= 15 is 0 Å². The minimum absolute atomic E-state index is 0.256. The smallest absolute Gasteiger partial charge is 0.164 e. The first-order valence-corrected chi connectivity index (χ1v) is 7.99. The third-order valence-electron chi connectivity index (χ3n) is 4.00. The van der Waals surface area contributed by atoms with E-state index in [2.05, 4.69) is 27.8 Å². The molecule has 0 N–H and O–H groups in total.